The SMILES string of the molecule is Cc1occc1-c1nnc(SCC(=O)c2ccc(F)cc2)n1C[C@@H]1CCCO1. The smallest absolute Gasteiger partial charge is 0.192 e. The molecule has 28 heavy (non-hydrogen) atoms. The third-order valence-corrected chi connectivity index (χ3v) is 5.69. The van der Waals surface area contributed by atoms with E-state index < -0.39 is 0 Å². The monoisotopic (exact) mass is 401 g/mol. The van der Waals surface area contributed by atoms with Crippen LogP contribution in [0, 0.1) is 12.7 Å². The summed E-state index contributed by atoms with van der Waals surface area (Å²) in [5, 5.41) is 9.30. The molecule has 3 aromatic rings. The first-order chi connectivity index (χ1) is 13.6. The van der Waals surface area contributed by atoms with Crippen molar-refractivity contribution in [1.29, 1.82) is 0 Å². The highest BCUT2D eigenvalue weighted by atomic mass is 32.2. The molecule has 1 aliphatic rings. The van der Waals surface area contributed by atoms with Gasteiger partial charge in [-0.15, -0.1) is 10.2 Å². The van der Waals surface area contributed by atoms with Gasteiger partial charge in [-0.05, 0) is 50.1 Å². The highest BCUT2D eigenvalue weighted by molar-refractivity contribution is 7.99. The number of hydrogen-bond acceptors (Lipinski definition) is 6. The second-order valence-electron chi connectivity index (χ2n) is 6.66. The standard InChI is InChI=1S/C20H20FN3O3S/c1-13-17(8-10-26-13)19-22-23-20(24(19)11-16-3-2-9-27-16)28-12-18(25)14-4-6-15(21)7-5-14/h4-8,10,16H,2-3,9,11-12H2,1H3/t16-/m0/s1. The Balaban J connectivity index is 1.55. The molecule has 0 saturated carbocycles. The van der Waals surface area contributed by atoms with Crippen molar-refractivity contribution in [2.45, 2.75) is 37.6 Å². The molecule has 0 spiro atoms. The van der Waals surface area contributed by atoms with Crippen molar-refractivity contribution in [2.75, 3.05) is 12.4 Å². The minimum absolute atomic E-state index is 0.0855. The van der Waals surface area contributed by atoms with Gasteiger partial charge in [-0.1, -0.05) is 11.8 Å². The number of aryl methyl sites for hydroxylation is 1. The Hall–Kier alpha value is -2.45. The molecule has 0 amide bonds. The Morgan fingerprint density at radius 2 is 2.11 bits per heavy atom. The number of furan rings is 1. The second-order valence-corrected chi connectivity index (χ2v) is 7.60. The maximum Gasteiger partial charge on any atom is 0.192 e. The number of aromatic nitrogens is 3. The van der Waals surface area contributed by atoms with Crippen LogP contribution in [0.15, 0.2) is 46.2 Å². The van der Waals surface area contributed by atoms with Gasteiger partial charge < -0.3 is 9.15 Å². The fourth-order valence-electron chi connectivity index (χ4n) is 3.22. The lowest BCUT2D eigenvalue weighted by molar-refractivity contribution is 0.0953. The minimum atomic E-state index is -0.361. The topological polar surface area (TPSA) is 70.2 Å². The van der Waals surface area contributed by atoms with E-state index in [2.05, 4.69) is 10.2 Å². The number of carbonyl (C=O) groups is 1. The van der Waals surface area contributed by atoms with Crippen LogP contribution in [0.25, 0.3) is 11.4 Å². The zero-order chi connectivity index (χ0) is 19.5. The van der Waals surface area contributed by atoms with E-state index in [0.717, 1.165) is 30.8 Å². The molecule has 6 nitrogen and oxygen atoms in total. The van der Waals surface area contributed by atoms with Gasteiger partial charge in [0.25, 0.3) is 0 Å². The molecule has 3 heterocycles. The molecular weight excluding hydrogens is 381 g/mol. The number of carbonyl (C=O) groups excluding carboxylic acids is 1. The van der Waals surface area contributed by atoms with E-state index in [-0.39, 0.29) is 23.5 Å². The molecule has 1 fully saturated rings. The van der Waals surface area contributed by atoms with E-state index in [0.29, 0.717) is 23.1 Å². The van der Waals surface area contributed by atoms with Crippen molar-refractivity contribution in [3.63, 3.8) is 0 Å². The summed E-state index contributed by atoms with van der Waals surface area (Å²) < 4.78 is 26.2. The van der Waals surface area contributed by atoms with Crippen molar-refractivity contribution in [3.8, 4) is 11.4 Å². The summed E-state index contributed by atoms with van der Waals surface area (Å²) in [6.45, 7) is 3.27. The normalized spacial score (nSPS) is 16.6. The number of halogens is 1. The van der Waals surface area contributed by atoms with Crippen LogP contribution in [0.5, 0.6) is 0 Å². The predicted octanol–water partition coefficient (Wildman–Crippen LogP) is 4.14. The number of hydrogen-bond donors (Lipinski definition) is 0. The maximum atomic E-state index is 13.1. The van der Waals surface area contributed by atoms with Crippen molar-refractivity contribution in [2.24, 2.45) is 0 Å². The van der Waals surface area contributed by atoms with E-state index in [1.165, 1.54) is 36.0 Å². The molecule has 1 aromatic carbocycles. The lowest BCUT2D eigenvalue weighted by Crippen LogP contribution is -2.17. The molecule has 8 heteroatoms. The third-order valence-electron chi connectivity index (χ3n) is 4.73. The summed E-state index contributed by atoms with van der Waals surface area (Å²) in [5.74, 6) is 1.22. The summed E-state index contributed by atoms with van der Waals surface area (Å²) >= 11 is 1.32. The van der Waals surface area contributed by atoms with Crippen LogP contribution in [0.1, 0.15) is 29.0 Å². The molecule has 0 unspecified atom stereocenters. The number of ether oxygens (including phenoxy) is 1. The molecule has 146 valence electrons. The van der Waals surface area contributed by atoms with E-state index in [1.807, 2.05) is 17.6 Å². The highest BCUT2D eigenvalue weighted by Gasteiger charge is 2.23. The molecule has 1 saturated heterocycles. The molecule has 0 radical (unpaired) electrons. The minimum Gasteiger partial charge on any atom is -0.469 e. The van der Waals surface area contributed by atoms with Gasteiger partial charge >= 0.3 is 0 Å². The highest BCUT2D eigenvalue weighted by Crippen LogP contribution is 2.29. The molecule has 1 atom stereocenters. The van der Waals surface area contributed by atoms with Gasteiger partial charge in [-0.25, -0.2) is 4.39 Å². The number of rotatable bonds is 7. The van der Waals surface area contributed by atoms with Crippen LogP contribution in [0.3, 0.4) is 0 Å². The lowest BCUT2D eigenvalue weighted by Gasteiger charge is -2.14. The molecule has 0 aliphatic carbocycles. The summed E-state index contributed by atoms with van der Waals surface area (Å²) in [7, 11) is 0. The van der Waals surface area contributed by atoms with E-state index in [9.17, 15) is 9.18 Å². The number of Topliss-reactive ketones (excluding diaryl/α,β-unsaturated/α-hetero) is 1. The molecule has 0 N–H and O–H groups in total. The first-order valence-corrected chi connectivity index (χ1v) is 10.1. The van der Waals surface area contributed by atoms with Crippen LogP contribution in [-0.2, 0) is 11.3 Å². The van der Waals surface area contributed by atoms with Crippen LogP contribution < -0.4 is 0 Å². The summed E-state index contributed by atoms with van der Waals surface area (Å²) in [5.41, 5.74) is 1.35. The first-order valence-electron chi connectivity index (χ1n) is 9.12. The van der Waals surface area contributed by atoms with E-state index >= 15 is 0 Å². The maximum absolute atomic E-state index is 13.1. The van der Waals surface area contributed by atoms with Crippen molar-refractivity contribution < 1.29 is 18.3 Å². The predicted molar refractivity (Wildman–Crippen MR) is 103 cm³/mol. The fourth-order valence-corrected chi connectivity index (χ4v) is 4.06. The average molecular weight is 401 g/mol. The summed E-state index contributed by atoms with van der Waals surface area (Å²) in [6, 6.07) is 7.43. The zero-order valence-corrected chi connectivity index (χ0v) is 16.2. The van der Waals surface area contributed by atoms with Gasteiger partial charge in [0.15, 0.2) is 16.8 Å². The van der Waals surface area contributed by atoms with Gasteiger partial charge in [-0.3, -0.25) is 9.36 Å². The third kappa shape index (κ3) is 4.02. The van der Waals surface area contributed by atoms with Crippen LogP contribution in [0.4, 0.5) is 4.39 Å². The number of nitrogens with zero attached hydrogens (tertiary/aromatic N) is 3. The molecule has 2 aromatic heterocycles. The van der Waals surface area contributed by atoms with Crippen molar-refractivity contribution >= 4 is 17.5 Å². The molecule has 4 rings (SSSR count). The van der Waals surface area contributed by atoms with Gasteiger partial charge in [0.2, 0.25) is 0 Å². The van der Waals surface area contributed by atoms with Gasteiger partial charge in [-0.2, -0.15) is 0 Å². The van der Waals surface area contributed by atoms with Crippen LogP contribution in [0.2, 0.25) is 0 Å². The number of benzene rings is 1. The Morgan fingerprint density at radius 1 is 1.29 bits per heavy atom. The summed E-state index contributed by atoms with van der Waals surface area (Å²) in [6.07, 6.45) is 3.76. The van der Waals surface area contributed by atoms with Crippen molar-refractivity contribution in [3.05, 3.63) is 53.7 Å². The fraction of sp³-hybridized carbons (Fsp3) is 0.350. The first kappa shape index (κ1) is 18.9. The largest absolute Gasteiger partial charge is 0.469 e. The van der Waals surface area contributed by atoms with Crippen molar-refractivity contribution in [1.82, 2.24) is 14.8 Å². The average Bonchev–Trinajstić information content (AvgIpc) is 3.43. The zero-order valence-electron chi connectivity index (χ0n) is 15.4. The van der Waals surface area contributed by atoms with Gasteiger partial charge in [0.1, 0.15) is 11.6 Å². The Morgan fingerprint density at radius 3 is 2.79 bits per heavy atom. The summed E-state index contributed by atoms with van der Waals surface area (Å²) in [4.78, 5) is 12.4. The van der Waals surface area contributed by atoms with E-state index in [4.69, 9.17) is 9.15 Å². The van der Waals surface area contributed by atoms with Crippen LogP contribution >= 0.6 is 11.8 Å². The number of ketones is 1. The Bertz CT molecular complexity index is 961. The van der Waals surface area contributed by atoms with Crippen LogP contribution in [-0.4, -0.2) is 39.0 Å². The Kier molecular flexibility index (Phi) is 5.59. The van der Waals surface area contributed by atoms with Gasteiger partial charge in [0.05, 0.1) is 30.2 Å². The quantitative estimate of drug-likeness (QED) is 0.438. The Labute approximate surface area is 166 Å². The van der Waals surface area contributed by atoms with Gasteiger partial charge in [0, 0.05) is 12.2 Å². The molecule has 1 aliphatic heterocycles. The second kappa shape index (κ2) is 8.28. The molecular formula is C20H20FN3O3S. The lowest BCUT2D eigenvalue weighted by atomic mass is 10.1. The van der Waals surface area contributed by atoms with E-state index in [1.54, 1.807) is 6.26 Å². The molecule has 0 bridgehead atoms. The number of thioether (sulfide) groups is 1.